The van der Waals surface area contributed by atoms with Crippen molar-refractivity contribution >= 4 is 17.8 Å². The molecule has 1 saturated heterocycles. The number of aliphatic carboxylic acids is 2. The molecule has 1 unspecified atom stereocenters. The summed E-state index contributed by atoms with van der Waals surface area (Å²) < 4.78 is 0. The number of carboxylic acid groups (broad SMARTS) is 2. The maximum Gasteiger partial charge on any atom is 0.414 e. The van der Waals surface area contributed by atoms with Gasteiger partial charge in [0.25, 0.3) is 0 Å². The molecule has 0 aromatic heterocycles. The molecule has 0 aromatic rings. The summed E-state index contributed by atoms with van der Waals surface area (Å²) >= 11 is 0. The van der Waals surface area contributed by atoms with Crippen molar-refractivity contribution < 1.29 is 29.7 Å². The monoisotopic (exact) mass is 248 g/mol. The summed E-state index contributed by atoms with van der Waals surface area (Å²) in [5, 5.41) is 28.9. The van der Waals surface area contributed by atoms with Gasteiger partial charge in [0.05, 0.1) is 12.6 Å². The molecule has 8 nitrogen and oxygen atoms in total. The van der Waals surface area contributed by atoms with Crippen LogP contribution in [0.15, 0.2) is 0 Å². The third-order valence-electron chi connectivity index (χ3n) is 1.97. The van der Waals surface area contributed by atoms with Crippen LogP contribution in [0.2, 0.25) is 0 Å². The molecule has 98 valence electrons. The van der Waals surface area contributed by atoms with Crippen molar-refractivity contribution in [2.24, 2.45) is 0 Å². The first kappa shape index (κ1) is 15.3. The summed E-state index contributed by atoms with van der Waals surface area (Å²) in [4.78, 5) is 29.3. The van der Waals surface area contributed by atoms with E-state index in [1.165, 1.54) is 0 Å². The van der Waals surface area contributed by atoms with Crippen molar-refractivity contribution in [1.82, 2.24) is 10.6 Å². The van der Waals surface area contributed by atoms with Gasteiger partial charge < -0.3 is 26.0 Å². The SMILES string of the molecule is O=C(NCCO)C1CCCN1.O=C(O)C(=O)O. The molecular formula is C9H16N2O6. The van der Waals surface area contributed by atoms with Crippen LogP contribution in [0, 0.1) is 0 Å². The highest BCUT2D eigenvalue weighted by atomic mass is 16.4. The minimum Gasteiger partial charge on any atom is -0.473 e. The zero-order chi connectivity index (χ0) is 13.3. The number of aliphatic hydroxyl groups is 1. The molecule has 0 spiro atoms. The predicted molar refractivity (Wildman–Crippen MR) is 56.4 cm³/mol. The van der Waals surface area contributed by atoms with E-state index in [4.69, 9.17) is 24.9 Å². The molecular weight excluding hydrogens is 232 g/mol. The molecule has 17 heavy (non-hydrogen) atoms. The Labute approximate surface area is 97.6 Å². The summed E-state index contributed by atoms with van der Waals surface area (Å²) in [6.07, 6.45) is 1.98. The number of nitrogens with one attached hydrogen (secondary N) is 2. The summed E-state index contributed by atoms with van der Waals surface area (Å²) in [7, 11) is 0. The lowest BCUT2D eigenvalue weighted by atomic mass is 10.2. The van der Waals surface area contributed by atoms with E-state index < -0.39 is 11.9 Å². The Bertz CT molecular complexity index is 263. The van der Waals surface area contributed by atoms with E-state index >= 15 is 0 Å². The quantitative estimate of drug-likeness (QED) is 0.364. The highest BCUT2D eigenvalue weighted by Crippen LogP contribution is 2.03. The summed E-state index contributed by atoms with van der Waals surface area (Å²) in [5.41, 5.74) is 0. The first-order valence-corrected chi connectivity index (χ1v) is 5.07. The van der Waals surface area contributed by atoms with Gasteiger partial charge in [-0.2, -0.15) is 0 Å². The maximum absolute atomic E-state index is 11.1. The van der Waals surface area contributed by atoms with Gasteiger partial charge in [-0.1, -0.05) is 0 Å². The number of carbonyl (C=O) groups is 3. The van der Waals surface area contributed by atoms with Crippen molar-refractivity contribution in [3.8, 4) is 0 Å². The van der Waals surface area contributed by atoms with E-state index in [1.807, 2.05) is 0 Å². The van der Waals surface area contributed by atoms with Crippen molar-refractivity contribution in [3.05, 3.63) is 0 Å². The highest BCUT2D eigenvalue weighted by Gasteiger charge is 2.20. The van der Waals surface area contributed by atoms with Gasteiger partial charge in [0.1, 0.15) is 0 Å². The van der Waals surface area contributed by atoms with Gasteiger partial charge in [0.2, 0.25) is 5.91 Å². The zero-order valence-electron chi connectivity index (χ0n) is 9.18. The van der Waals surface area contributed by atoms with Gasteiger partial charge in [-0.15, -0.1) is 0 Å². The van der Waals surface area contributed by atoms with Crippen LogP contribution in [0.3, 0.4) is 0 Å². The second-order valence-corrected chi connectivity index (χ2v) is 3.27. The molecule has 1 atom stereocenters. The number of hydrogen-bond donors (Lipinski definition) is 5. The number of carboxylic acids is 2. The molecule has 0 aromatic carbocycles. The smallest absolute Gasteiger partial charge is 0.414 e. The van der Waals surface area contributed by atoms with Crippen molar-refractivity contribution in [1.29, 1.82) is 0 Å². The summed E-state index contributed by atoms with van der Waals surface area (Å²) in [6.45, 7) is 1.30. The van der Waals surface area contributed by atoms with Gasteiger partial charge >= 0.3 is 11.9 Å². The van der Waals surface area contributed by atoms with Crippen molar-refractivity contribution in [2.45, 2.75) is 18.9 Å². The third-order valence-corrected chi connectivity index (χ3v) is 1.97. The Balaban J connectivity index is 0.000000366. The molecule has 1 fully saturated rings. The Morgan fingerprint density at radius 3 is 2.18 bits per heavy atom. The first-order chi connectivity index (χ1) is 7.99. The molecule has 0 aliphatic carbocycles. The Morgan fingerprint density at radius 1 is 1.24 bits per heavy atom. The normalized spacial score (nSPS) is 17.8. The fourth-order valence-electron chi connectivity index (χ4n) is 1.21. The fourth-order valence-corrected chi connectivity index (χ4v) is 1.21. The molecule has 0 bridgehead atoms. The number of rotatable bonds is 3. The van der Waals surface area contributed by atoms with Crippen LogP contribution < -0.4 is 10.6 Å². The van der Waals surface area contributed by atoms with Gasteiger partial charge in [-0.3, -0.25) is 4.79 Å². The van der Waals surface area contributed by atoms with E-state index in [0.717, 1.165) is 19.4 Å². The van der Waals surface area contributed by atoms with Crippen LogP contribution >= 0.6 is 0 Å². The molecule has 1 rings (SSSR count). The van der Waals surface area contributed by atoms with E-state index in [0.29, 0.717) is 6.54 Å². The molecule has 1 amide bonds. The molecule has 1 aliphatic rings. The van der Waals surface area contributed by atoms with Crippen molar-refractivity contribution in [3.63, 3.8) is 0 Å². The lowest BCUT2D eigenvalue weighted by Gasteiger charge is -2.09. The second-order valence-electron chi connectivity index (χ2n) is 3.27. The Morgan fingerprint density at radius 2 is 1.82 bits per heavy atom. The average Bonchev–Trinajstić information content (AvgIpc) is 2.80. The number of hydrogen-bond acceptors (Lipinski definition) is 5. The van der Waals surface area contributed by atoms with Crippen LogP contribution in [0.4, 0.5) is 0 Å². The van der Waals surface area contributed by atoms with Crippen molar-refractivity contribution in [2.75, 3.05) is 19.7 Å². The highest BCUT2D eigenvalue weighted by molar-refractivity contribution is 6.27. The number of aliphatic hydroxyl groups excluding tert-OH is 1. The Hall–Kier alpha value is -1.67. The zero-order valence-corrected chi connectivity index (χ0v) is 9.18. The van der Waals surface area contributed by atoms with E-state index in [9.17, 15) is 4.79 Å². The predicted octanol–water partition coefficient (Wildman–Crippen LogP) is -2.00. The molecule has 8 heteroatoms. The van der Waals surface area contributed by atoms with Crippen LogP contribution in [-0.2, 0) is 14.4 Å². The molecule has 1 heterocycles. The minimum absolute atomic E-state index is 0.0107. The first-order valence-electron chi connectivity index (χ1n) is 5.07. The van der Waals surface area contributed by atoms with E-state index in [1.54, 1.807) is 0 Å². The largest absolute Gasteiger partial charge is 0.473 e. The average molecular weight is 248 g/mol. The molecule has 0 radical (unpaired) electrons. The van der Waals surface area contributed by atoms with Crippen LogP contribution in [0.1, 0.15) is 12.8 Å². The van der Waals surface area contributed by atoms with E-state index in [-0.39, 0.29) is 18.6 Å². The van der Waals surface area contributed by atoms with Gasteiger partial charge in [-0.05, 0) is 19.4 Å². The third kappa shape index (κ3) is 7.25. The minimum atomic E-state index is -1.82. The van der Waals surface area contributed by atoms with Gasteiger partial charge in [0, 0.05) is 6.54 Å². The maximum atomic E-state index is 11.1. The second kappa shape index (κ2) is 8.48. The standard InChI is InChI=1S/C7H14N2O2.C2H2O4/c10-5-4-9-7(11)6-2-1-3-8-6;3-1(4)2(5)6/h6,8,10H,1-5H2,(H,9,11);(H,3,4)(H,5,6). The summed E-state index contributed by atoms with van der Waals surface area (Å²) in [5.74, 6) is -3.64. The van der Waals surface area contributed by atoms with Gasteiger partial charge in [-0.25, -0.2) is 9.59 Å². The number of carbonyl (C=O) groups excluding carboxylic acids is 1. The van der Waals surface area contributed by atoms with Gasteiger partial charge in [0.15, 0.2) is 0 Å². The van der Waals surface area contributed by atoms with Crippen LogP contribution in [-0.4, -0.2) is 58.9 Å². The molecule has 1 aliphatic heterocycles. The summed E-state index contributed by atoms with van der Waals surface area (Å²) in [6, 6.07) is -0.0263. The fraction of sp³-hybridized carbons (Fsp3) is 0.667. The molecule has 5 N–H and O–H groups in total. The van der Waals surface area contributed by atoms with Crippen LogP contribution in [0.25, 0.3) is 0 Å². The Kier molecular flexibility index (Phi) is 7.65. The molecule has 0 saturated carbocycles. The van der Waals surface area contributed by atoms with Crippen LogP contribution in [0.5, 0.6) is 0 Å². The topological polar surface area (TPSA) is 136 Å². The lowest BCUT2D eigenvalue weighted by Crippen LogP contribution is -2.41. The van der Waals surface area contributed by atoms with E-state index in [2.05, 4.69) is 10.6 Å². The number of amides is 1. The lowest BCUT2D eigenvalue weighted by molar-refractivity contribution is -0.159.